The summed E-state index contributed by atoms with van der Waals surface area (Å²) in [4.78, 5) is 3.74. The molecule has 0 unspecified atom stereocenters. The van der Waals surface area contributed by atoms with Gasteiger partial charge in [0.15, 0.2) is 0 Å². The van der Waals surface area contributed by atoms with Crippen LogP contribution in [0.2, 0.25) is 0 Å². The lowest BCUT2D eigenvalue weighted by atomic mass is 10.1. The van der Waals surface area contributed by atoms with Gasteiger partial charge < -0.3 is 10.4 Å². The molecule has 0 saturated carbocycles. The van der Waals surface area contributed by atoms with E-state index >= 15 is 0 Å². The van der Waals surface area contributed by atoms with Crippen LogP contribution < -0.4 is 5.32 Å². The third-order valence-electron chi connectivity index (χ3n) is 1.69. The van der Waals surface area contributed by atoms with E-state index in [1.54, 1.807) is 0 Å². The molecule has 0 aromatic rings. The van der Waals surface area contributed by atoms with E-state index in [4.69, 9.17) is 0 Å². The second-order valence-corrected chi connectivity index (χ2v) is 2.46. The number of aliphatic imine (C=N–C) groups is 1. The van der Waals surface area contributed by atoms with Crippen LogP contribution in [-0.4, -0.2) is 11.4 Å². The highest BCUT2D eigenvalue weighted by Crippen LogP contribution is 2.18. The van der Waals surface area contributed by atoms with Crippen LogP contribution in [0.4, 0.5) is 0 Å². The number of allylic oxidation sites excluding steroid dienone is 5. The Labute approximate surface area is 70.1 Å². The molecule has 2 N–H and O–H groups in total. The highest BCUT2D eigenvalue weighted by Gasteiger charge is 2.10. The lowest BCUT2D eigenvalue weighted by Gasteiger charge is -2.11. The van der Waals surface area contributed by atoms with Crippen molar-refractivity contribution in [3.05, 3.63) is 47.5 Å². The van der Waals surface area contributed by atoms with Crippen LogP contribution in [0.3, 0.4) is 0 Å². The van der Waals surface area contributed by atoms with Gasteiger partial charge in [0.1, 0.15) is 0 Å². The van der Waals surface area contributed by atoms with Gasteiger partial charge in [-0.15, -0.1) is 0 Å². The SMILES string of the molecule is OC1=C2C=CC=CC=C2NC=N1. The number of nitrogens with zero attached hydrogens (tertiary/aromatic N) is 1. The van der Waals surface area contributed by atoms with Crippen molar-refractivity contribution in [1.82, 2.24) is 5.32 Å². The number of hydrogen-bond acceptors (Lipinski definition) is 3. The fourth-order valence-corrected chi connectivity index (χ4v) is 1.10. The van der Waals surface area contributed by atoms with Gasteiger partial charge in [-0.25, -0.2) is 4.99 Å². The van der Waals surface area contributed by atoms with Gasteiger partial charge in [0.05, 0.1) is 17.6 Å². The van der Waals surface area contributed by atoms with Gasteiger partial charge in [0.2, 0.25) is 5.88 Å². The molecule has 2 rings (SSSR count). The Morgan fingerprint density at radius 2 is 2.17 bits per heavy atom. The third-order valence-corrected chi connectivity index (χ3v) is 1.69. The molecule has 2 aliphatic rings. The van der Waals surface area contributed by atoms with Gasteiger partial charge in [0, 0.05) is 0 Å². The zero-order valence-corrected chi connectivity index (χ0v) is 6.36. The third kappa shape index (κ3) is 1.05. The summed E-state index contributed by atoms with van der Waals surface area (Å²) < 4.78 is 0. The molecule has 1 aliphatic heterocycles. The molecule has 0 saturated heterocycles. The summed E-state index contributed by atoms with van der Waals surface area (Å²) >= 11 is 0. The second kappa shape index (κ2) is 2.70. The minimum atomic E-state index is 0.0555. The van der Waals surface area contributed by atoms with E-state index in [0.29, 0.717) is 0 Å². The van der Waals surface area contributed by atoms with Crippen molar-refractivity contribution >= 4 is 6.34 Å². The first-order chi connectivity index (χ1) is 5.88. The first-order valence-electron chi connectivity index (χ1n) is 3.65. The average Bonchev–Trinajstić information content (AvgIpc) is 2.30. The van der Waals surface area contributed by atoms with Crippen LogP contribution in [0.5, 0.6) is 0 Å². The second-order valence-electron chi connectivity index (χ2n) is 2.46. The first-order valence-corrected chi connectivity index (χ1v) is 3.65. The van der Waals surface area contributed by atoms with E-state index in [9.17, 15) is 5.11 Å². The fourth-order valence-electron chi connectivity index (χ4n) is 1.10. The smallest absolute Gasteiger partial charge is 0.221 e. The van der Waals surface area contributed by atoms with Gasteiger partial charge in [-0.3, -0.25) is 0 Å². The van der Waals surface area contributed by atoms with E-state index in [1.807, 2.05) is 30.4 Å². The van der Waals surface area contributed by atoms with Crippen LogP contribution >= 0.6 is 0 Å². The average molecular weight is 160 g/mol. The number of rotatable bonds is 0. The predicted molar refractivity (Wildman–Crippen MR) is 47.6 cm³/mol. The molecule has 0 radical (unpaired) electrons. The van der Waals surface area contributed by atoms with Gasteiger partial charge in [0.25, 0.3) is 0 Å². The molecule has 0 fully saturated rings. The normalized spacial score (nSPS) is 19.8. The molecular formula is C9H8N2O. The summed E-state index contributed by atoms with van der Waals surface area (Å²) in [7, 11) is 0. The van der Waals surface area contributed by atoms with E-state index in [0.717, 1.165) is 11.3 Å². The summed E-state index contributed by atoms with van der Waals surface area (Å²) in [6, 6.07) is 0. The Morgan fingerprint density at radius 1 is 1.25 bits per heavy atom. The van der Waals surface area contributed by atoms with E-state index in [2.05, 4.69) is 10.3 Å². The topological polar surface area (TPSA) is 44.6 Å². The molecule has 0 aromatic carbocycles. The minimum Gasteiger partial charge on any atom is -0.493 e. The zero-order valence-electron chi connectivity index (χ0n) is 6.36. The maximum atomic E-state index is 9.35. The molecule has 3 heteroatoms. The Hall–Kier alpha value is -1.77. The number of fused-ring (bicyclic) bond motifs is 1. The molecule has 1 aliphatic carbocycles. The predicted octanol–water partition coefficient (Wildman–Crippen LogP) is 1.40. The monoisotopic (exact) mass is 160 g/mol. The molecule has 60 valence electrons. The minimum absolute atomic E-state index is 0.0555. The standard InChI is InChI=1S/C9H8N2O/c12-9-7-4-2-1-3-5-8(7)10-6-11-9/h1-6,12H,(H,10,11). The van der Waals surface area contributed by atoms with Crippen LogP contribution in [0, 0.1) is 0 Å². The maximum absolute atomic E-state index is 9.35. The first kappa shape index (κ1) is 6.91. The van der Waals surface area contributed by atoms with Crippen molar-refractivity contribution in [3.63, 3.8) is 0 Å². The van der Waals surface area contributed by atoms with Crippen molar-refractivity contribution in [2.75, 3.05) is 0 Å². The van der Waals surface area contributed by atoms with Crippen molar-refractivity contribution in [1.29, 1.82) is 0 Å². The summed E-state index contributed by atoms with van der Waals surface area (Å²) in [6.07, 6.45) is 10.8. The van der Waals surface area contributed by atoms with Gasteiger partial charge in [-0.2, -0.15) is 0 Å². The van der Waals surface area contributed by atoms with Crippen LogP contribution in [0.15, 0.2) is 52.5 Å². The summed E-state index contributed by atoms with van der Waals surface area (Å²) in [5, 5.41) is 12.3. The summed E-state index contributed by atoms with van der Waals surface area (Å²) in [5.74, 6) is 0.0555. The molecule has 1 heterocycles. The van der Waals surface area contributed by atoms with Gasteiger partial charge in [-0.05, 0) is 12.2 Å². The number of aliphatic hydroxyl groups is 1. The van der Waals surface area contributed by atoms with E-state index in [-0.39, 0.29) is 5.88 Å². The lowest BCUT2D eigenvalue weighted by molar-refractivity contribution is 0.400. The van der Waals surface area contributed by atoms with Crippen molar-refractivity contribution in [2.45, 2.75) is 0 Å². The highest BCUT2D eigenvalue weighted by atomic mass is 16.3. The van der Waals surface area contributed by atoms with Gasteiger partial charge in [-0.1, -0.05) is 18.2 Å². The van der Waals surface area contributed by atoms with Crippen LogP contribution in [0.25, 0.3) is 0 Å². The maximum Gasteiger partial charge on any atom is 0.221 e. The van der Waals surface area contributed by atoms with E-state index in [1.165, 1.54) is 6.34 Å². The van der Waals surface area contributed by atoms with Crippen LogP contribution in [0.1, 0.15) is 0 Å². The van der Waals surface area contributed by atoms with Crippen molar-refractivity contribution < 1.29 is 5.11 Å². The Kier molecular flexibility index (Phi) is 1.55. The zero-order chi connectivity index (χ0) is 8.39. The van der Waals surface area contributed by atoms with Crippen molar-refractivity contribution in [2.24, 2.45) is 4.99 Å². The van der Waals surface area contributed by atoms with Crippen LogP contribution in [-0.2, 0) is 0 Å². The molecule has 3 nitrogen and oxygen atoms in total. The van der Waals surface area contributed by atoms with Crippen molar-refractivity contribution in [3.8, 4) is 0 Å². The molecular weight excluding hydrogens is 152 g/mol. The van der Waals surface area contributed by atoms with E-state index < -0.39 is 0 Å². The number of aliphatic hydroxyl groups excluding tert-OH is 1. The molecule has 0 spiro atoms. The molecule has 0 bridgehead atoms. The number of hydrogen-bond donors (Lipinski definition) is 2. The van der Waals surface area contributed by atoms with Gasteiger partial charge >= 0.3 is 0 Å². The Bertz CT molecular complexity index is 346. The largest absolute Gasteiger partial charge is 0.493 e. The lowest BCUT2D eigenvalue weighted by Crippen LogP contribution is -2.16. The Morgan fingerprint density at radius 3 is 3.08 bits per heavy atom. The quantitative estimate of drug-likeness (QED) is 0.562. The molecule has 0 aromatic heterocycles. The number of nitrogens with one attached hydrogen (secondary N) is 1. The highest BCUT2D eigenvalue weighted by molar-refractivity contribution is 5.66. The summed E-state index contributed by atoms with van der Waals surface area (Å²) in [6.45, 7) is 0. The Balaban J connectivity index is 2.52. The molecule has 0 amide bonds. The summed E-state index contributed by atoms with van der Waals surface area (Å²) in [5.41, 5.74) is 1.59. The molecule has 12 heavy (non-hydrogen) atoms. The fraction of sp³-hybridized carbons (Fsp3) is 0. The molecule has 0 atom stereocenters.